The predicted octanol–water partition coefficient (Wildman–Crippen LogP) is 2.03. The highest BCUT2D eigenvalue weighted by molar-refractivity contribution is 5.77. The van der Waals surface area contributed by atoms with E-state index in [-0.39, 0.29) is 24.7 Å². The third kappa shape index (κ3) is 5.00. The van der Waals surface area contributed by atoms with Crippen LogP contribution in [0.1, 0.15) is 37.8 Å². The summed E-state index contributed by atoms with van der Waals surface area (Å²) in [6.07, 6.45) is 2.99. The second-order valence-corrected chi connectivity index (χ2v) is 5.56. The van der Waals surface area contributed by atoms with Gasteiger partial charge in [-0.25, -0.2) is 0 Å². The number of rotatable bonds is 7. The molecule has 2 N–H and O–H groups in total. The number of hydrogen-bond donors (Lipinski definition) is 2. The first-order valence-corrected chi connectivity index (χ1v) is 7.98. The summed E-state index contributed by atoms with van der Waals surface area (Å²) in [5, 5.41) is 6.32. The van der Waals surface area contributed by atoms with E-state index in [0.717, 1.165) is 43.7 Å². The third-order valence-corrected chi connectivity index (χ3v) is 4.00. The highest BCUT2D eigenvalue weighted by Crippen LogP contribution is 2.20. The first-order chi connectivity index (χ1) is 10.7. The Hall–Kier alpha value is -1.59. The Kier molecular flexibility index (Phi) is 6.68. The van der Waals surface area contributed by atoms with Crippen molar-refractivity contribution in [3.63, 3.8) is 0 Å². The molecule has 22 heavy (non-hydrogen) atoms. The number of nitrogens with one attached hydrogen (secondary N) is 2. The summed E-state index contributed by atoms with van der Waals surface area (Å²) in [4.78, 5) is 12.1. The van der Waals surface area contributed by atoms with E-state index < -0.39 is 0 Å². The van der Waals surface area contributed by atoms with Crippen molar-refractivity contribution in [2.24, 2.45) is 0 Å². The number of amides is 1. The molecule has 0 radical (unpaired) electrons. The van der Waals surface area contributed by atoms with E-state index in [1.807, 2.05) is 24.3 Å². The Balaban J connectivity index is 1.81. The molecule has 1 heterocycles. The number of piperidine rings is 1. The van der Waals surface area contributed by atoms with Crippen molar-refractivity contribution >= 4 is 5.91 Å². The quantitative estimate of drug-likeness (QED) is 0.809. The van der Waals surface area contributed by atoms with Crippen LogP contribution in [0.4, 0.5) is 0 Å². The number of hydrogen-bond acceptors (Lipinski definition) is 4. The van der Waals surface area contributed by atoms with E-state index in [0.29, 0.717) is 0 Å². The second kappa shape index (κ2) is 8.76. The Morgan fingerprint density at radius 3 is 2.59 bits per heavy atom. The SMILES string of the molecule is CCC(NC(=O)COC1CCNCC1)c1ccc(OC)cc1. The molecule has 1 fully saturated rings. The molecule has 5 heteroatoms. The van der Waals surface area contributed by atoms with Crippen LogP contribution in [-0.4, -0.2) is 38.8 Å². The molecule has 2 rings (SSSR count). The van der Waals surface area contributed by atoms with Gasteiger partial charge >= 0.3 is 0 Å². The summed E-state index contributed by atoms with van der Waals surface area (Å²) in [6.45, 7) is 4.13. The lowest BCUT2D eigenvalue weighted by molar-refractivity contribution is -0.129. The fourth-order valence-electron chi connectivity index (χ4n) is 2.65. The summed E-state index contributed by atoms with van der Waals surface area (Å²) in [6, 6.07) is 7.81. The van der Waals surface area contributed by atoms with Crippen LogP contribution in [0.3, 0.4) is 0 Å². The van der Waals surface area contributed by atoms with Gasteiger partial charge in [-0.3, -0.25) is 4.79 Å². The van der Waals surface area contributed by atoms with Crippen LogP contribution in [0.15, 0.2) is 24.3 Å². The summed E-state index contributed by atoms with van der Waals surface area (Å²) >= 11 is 0. The Bertz CT molecular complexity index is 455. The zero-order valence-corrected chi connectivity index (χ0v) is 13.4. The predicted molar refractivity (Wildman–Crippen MR) is 86.0 cm³/mol. The minimum Gasteiger partial charge on any atom is -0.497 e. The molecule has 1 aliphatic heterocycles. The third-order valence-electron chi connectivity index (χ3n) is 4.00. The van der Waals surface area contributed by atoms with Crippen molar-refractivity contribution in [2.75, 3.05) is 26.8 Å². The summed E-state index contributed by atoms with van der Waals surface area (Å²) in [7, 11) is 1.65. The van der Waals surface area contributed by atoms with Gasteiger partial charge in [0.15, 0.2) is 0 Å². The molecule has 1 aromatic carbocycles. The molecule has 1 amide bonds. The van der Waals surface area contributed by atoms with Crippen LogP contribution >= 0.6 is 0 Å². The molecule has 0 spiro atoms. The van der Waals surface area contributed by atoms with Gasteiger partial charge in [0.05, 0.1) is 19.3 Å². The van der Waals surface area contributed by atoms with Gasteiger partial charge in [-0.15, -0.1) is 0 Å². The van der Waals surface area contributed by atoms with Gasteiger partial charge < -0.3 is 20.1 Å². The topological polar surface area (TPSA) is 59.6 Å². The van der Waals surface area contributed by atoms with Gasteiger partial charge in [-0.05, 0) is 50.0 Å². The molecule has 5 nitrogen and oxygen atoms in total. The maximum absolute atomic E-state index is 12.1. The monoisotopic (exact) mass is 306 g/mol. The molecular weight excluding hydrogens is 280 g/mol. The average Bonchev–Trinajstić information content (AvgIpc) is 2.59. The lowest BCUT2D eigenvalue weighted by Gasteiger charge is -2.23. The standard InChI is InChI=1S/C17H26N2O3/c1-3-16(13-4-6-14(21-2)7-5-13)19-17(20)12-22-15-8-10-18-11-9-15/h4-7,15-16,18H,3,8-12H2,1-2H3,(H,19,20). The minimum atomic E-state index is -0.0544. The van der Waals surface area contributed by atoms with Crippen LogP contribution in [0.25, 0.3) is 0 Å². The zero-order chi connectivity index (χ0) is 15.8. The van der Waals surface area contributed by atoms with Crippen LogP contribution in [0.2, 0.25) is 0 Å². The van der Waals surface area contributed by atoms with Crippen molar-refractivity contribution in [1.82, 2.24) is 10.6 Å². The van der Waals surface area contributed by atoms with Crippen molar-refractivity contribution < 1.29 is 14.3 Å². The van der Waals surface area contributed by atoms with Gasteiger partial charge in [0, 0.05) is 0 Å². The molecule has 1 atom stereocenters. The summed E-state index contributed by atoms with van der Waals surface area (Å²) in [5.74, 6) is 0.764. The lowest BCUT2D eigenvalue weighted by Crippen LogP contribution is -2.36. The molecule has 1 saturated heterocycles. The molecular formula is C17H26N2O3. The molecule has 0 aromatic heterocycles. The molecule has 1 aliphatic rings. The molecule has 0 bridgehead atoms. The average molecular weight is 306 g/mol. The summed E-state index contributed by atoms with van der Waals surface area (Å²) in [5.41, 5.74) is 1.08. The Morgan fingerprint density at radius 2 is 2.00 bits per heavy atom. The highest BCUT2D eigenvalue weighted by Gasteiger charge is 2.17. The number of benzene rings is 1. The van der Waals surface area contributed by atoms with E-state index in [4.69, 9.17) is 9.47 Å². The van der Waals surface area contributed by atoms with E-state index in [1.165, 1.54) is 0 Å². The lowest BCUT2D eigenvalue weighted by atomic mass is 10.0. The van der Waals surface area contributed by atoms with Crippen LogP contribution in [0.5, 0.6) is 5.75 Å². The fourth-order valence-corrected chi connectivity index (χ4v) is 2.65. The van der Waals surface area contributed by atoms with Crippen molar-refractivity contribution in [2.45, 2.75) is 38.3 Å². The first kappa shape index (κ1) is 16.8. The normalized spacial score (nSPS) is 17.0. The van der Waals surface area contributed by atoms with Crippen molar-refractivity contribution in [3.8, 4) is 5.75 Å². The van der Waals surface area contributed by atoms with E-state index >= 15 is 0 Å². The highest BCUT2D eigenvalue weighted by atomic mass is 16.5. The summed E-state index contributed by atoms with van der Waals surface area (Å²) < 4.78 is 10.8. The van der Waals surface area contributed by atoms with E-state index in [1.54, 1.807) is 7.11 Å². The molecule has 1 aromatic rings. The molecule has 0 aliphatic carbocycles. The maximum atomic E-state index is 12.1. The van der Waals surface area contributed by atoms with Crippen LogP contribution in [-0.2, 0) is 9.53 Å². The number of carbonyl (C=O) groups excluding carboxylic acids is 1. The van der Waals surface area contributed by atoms with Crippen LogP contribution in [0, 0.1) is 0 Å². The number of carbonyl (C=O) groups is 1. The first-order valence-electron chi connectivity index (χ1n) is 7.98. The van der Waals surface area contributed by atoms with E-state index in [2.05, 4.69) is 17.6 Å². The molecule has 1 unspecified atom stereocenters. The van der Waals surface area contributed by atoms with Gasteiger partial charge in [-0.1, -0.05) is 19.1 Å². The second-order valence-electron chi connectivity index (χ2n) is 5.56. The molecule has 122 valence electrons. The minimum absolute atomic E-state index is 0.00929. The molecule has 0 saturated carbocycles. The van der Waals surface area contributed by atoms with Gasteiger partial charge in [0.25, 0.3) is 0 Å². The Morgan fingerprint density at radius 1 is 1.32 bits per heavy atom. The largest absolute Gasteiger partial charge is 0.497 e. The van der Waals surface area contributed by atoms with Gasteiger partial charge in [-0.2, -0.15) is 0 Å². The fraction of sp³-hybridized carbons (Fsp3) is 0.588. The number of methoxy groups -OCH3 is 1. The number of ether oxygens (including phenoxy) is 2. The van der Waals surface area contributed by atoms with Gasteiger partial charge in [0.2, 0.25) is 5.91 Å². The maximum Gasteiger partial charge on any atom is 0.246 e. The Labute approximate surface area is 132 Å². The van der Waals surface area contributed by atoms with Crippen molar-refractivity contribution in [1.29, 1.82) is 0 Å². The van der Waals surface area contributed by atoms with Crippen LogP contribution < -0.4 is 15.4 Å². The van der Waals surface area contributed by atoms with Crippen molar-refractivity contribution in [3.05, 3.63) is 29.8 Å². The smallest absolute Gasteiger partial charge is 0.246 e. The van der Waals surface area contributed by atoms with Gasteiger partial charge in [0.1, 0.15) is 12.4 Å². The van der Waals surface area contributed by atoms with E-state index in [9.17, 15) is 4.79 Å². The zero-order valence-electron chi connectivity index (χ0n) is 13.4.